The summed E-state index contributed by atoms with van der Waals surface area (Å²) >= 11 is 0. The van der Waals surface area contributed by atoms with Gasteiger partial charge in [0.2, 0.25) is 0 Å². The molecular formula is C23H32N2O4. The number of nitrogens with zero attached hydrogens (tertiary/aromatic N) is 2. The Kier molecular flexibility index (Phi) is 6.32. The predicted octanol–water partition coefficient (Wildman–Crippen LogP) is 3.47. The maximum Gasteiger partial charge on any atom is 0.410 e. The molecule has 1 spiro atoms. The smallest absolute Gasteiger partial charge is 0.410 e. The van der Waals surface area contributed by atoms with E-state index in [1.54, 1.807) is 11.8 Å². The number of carbonyl (C=O) groups excluding carboxylic acids is 2. The maximum atomic E-state index is 12.4. The zero-order valence-electron chi connectivity index (χ0n) is 17.9. The fourth-order valence-corrected chi connectivity index (χ4v) is 4.22. The second-order valence-electron chi connectivity index (χ2n) is 9.07. The van der Waals surface area contributed by atoms with Gasteiger partial charge in [-0.2, -0.15) is 0 Å². The monoisotopic (exact) mass is 400 g/mol. The Balaban J connectivity index is 1.68. The lowest BCUT2D eigenvalue weighted by Gasteiger charge is -2.50. The van der Waals surface area contributed by atoms with Gasteiger partial charge in [0.25, 0.3) is 0 Å². The second-order valence-corrected chi connectivity index (χ2v) is 9.07. The van der Waals surface area contributed by atoms with Crippen molar-refractivity contribution in [2.45, 2.75) is 39.8 Å². The molecule has 1 atom stereocenters. The van der Waals surface area contributed by atoms with E-state index in [1.165, 1.54) is 11.6 Å². The van der Waals surface area contributed by atoms with Gasteiger partial charge in [-0.15, -0.1) is 0 Å². The van der Waals surface area contributed by atoms with Crippen molar-refractivity contribution >= 4 is 12.1 Å². The molecule has 0 radical (unpaired) electrons. The van der Waals surface area contributed by atoms with Crippen molar-refractivity contribution in [3.05, 3.63) is 48.0 Å². The molecule has 0 bridgehead atoms. The SMILES string of the molecule is CCOC(=O)/C=C/C1CN(Cc2ccccc2)CC12CN(C(=O)OC(C)(C)C)C2. The van der Waals surface area contributed by atoms with Crippen molar-refractivity contribution in [1.29, 1.82) is 0 Å². The average Bonchev–Trinajstić information content (AvgIpc) is 2.97. The van der Waals surface area contributed by atoms with Crippen molar-refractivity contribution in [2.24, 2.45) is 11.3 Å². The Labute approximate surface area is 173 Å². The molecule has 0 N–H and O–H groups in total. The van der Waals surface area contributed by atoms with Crippen LogP contribution in [-0.4, -0.2) is 60.2 Å². The van der Waals surface area contributed by atoms with E-state index in [0.29, 0.717) is 19.7 Å². The van der Waals surface area contributed by atoms with Crippen LogP contribution in [0.5, 0.6) is 0 Å². The van der Waals surface area contributed by atoms with Gasteiger partial charge in [0.15, 0.2) is 0 Å². The summed E-state index contributed by atoms with van der Waals surface area (Å²) in [7, 11) is 0. The van der Waals surface area contributed by atoms with E-state index in [2.05, 4.69) is 17.0 Å². The number of carbonyl (C=O) groups is 2. The molecule has 6 nitrogen and oxygen atoms in total. The highest BCUT2D eigenvalue weighted by Crippen LogP contribution is 2.45. The summed E-state index contributed by atoms with van der Waals surface area (Å²) in [5.74, 6) is -0.123. The van der Waals surface area contributed by atoms with Gasteiger partial charge in [0.05, 0.1) is 6.61 Å². The van der Waals surface area contributed by atoms with Crippen LogP contribution in [-0.2, 0) is 20.8 Å². The van der Waals surface area contributed by atoms with Gasteiger partial charge >= 0.3 is 12.1 Å². The van der Waals surface area contributed by atoms with Gasteiger partial charge in [0, 0.05) is 50.1 Å². The molecule has 6 heteroatoms. The molecule has 1 unspecified atom stereocenters. The quantitative estimate of drug-likeness (QED) is 0.559. The highest BCUT2D eigenvalue weighted by atomic mass is 16.6. The molecular weight excluding hydrogens is 368 g/mol. The number of amides is 1. The number of rotatable bonds is 5. The van der Waals surface area contributed by atoms with Crippen LogP contribution >= 0.6 is 0 Å². The molecule has 0 saturated carbocycles. The second kappa shape index (κ2) is 8.57. The summed E-state index contributed by atoms with van der Waals surface area (Å²) in [6, 6.07) is 10.4. The molecule has 0 aliphatic carbocycles. The van der Waals surface area contributed by atoms with Gasteiger partial charge in [-0.1, -0.05) is 36.4 Å². The molecule has 1 amide bonds. The van der Waals surface area contributed by atoms with E-state index in [1.807, 2.05) is 45.0 Å². The first-order valence-electron chi connectivity index (χ1n) is 10.3. The molecule has 2 aliphatic rings. The normalized spacial score (nSPS) is 21.4. The first-order valence-corrected chi connectivity index (χ1v) is 10.3. The first kappa shape index (κ1) is 21.4. The Hall–Kier alpha value is -2.34. The highest BCUT2D eigenvalue weighted by Gasteiger charge is 2.55. The fraction of sp³-hybridized carbons (Fsp3) is 0.565. The maximum absolute atomic E-state index is 12.4. The summed E-state index contributed by atoms with van der Waals surface area (Å²) in [5.41, 5.74) is 0.716. The van der Waals surface area contributed by atoms with Crippen LogP contribution < -0.4 is 0 Å². The molecule has 2 fully saturated rings. The Morgan fingerprint density at radius 1 is 1.17 bits per heavy atom. The van der Waals surface area contributed by atoms with Crippen LogP contribution in [0.25, 0.3) is 0 Å². The predicted molar refractivity (Wildman–Crippen MR) is 111 cm³/mol. The minimum Gasteiger partial charge on any atom is -0.463 e. The van der Waals surface area contributed by atoms with Crippen molar-refractivity contribution in [1.82, 2.24) is 9.80 Å². The van der Waals surface area contributed by atoms with Crippen LogP contribution in [0.1, 0.15) is 33.3 Å². The molecule has 158 valence electrons. The molecule has 2 saturated heterocycles. The van der Waals surface area contributed by atoms with E-state index >= 15 is 0 Å². The van der Waals surface area contributed by atoms with Gasteiger partial charge in [-0.05, 0) is 33.3 Å². The third kappa shape index (κ3) is 5.38. The van der Waals surface area contributed by atoms with E-state index in [0.717, 1.165) is 19.6 Å². The largest absolute Gasteiger partial charge is 0.463 e. The summed E-state index contributed by atoms with van der Waals surface area (Å²) in [5, 5.41) is 0. The lowest BCUT2D eigenvalue weighted by molar-refractivity contribution is -0.137. The minimum absolute atomic E-state index is 0.0469. The molecule has 1 aromatic rings. The average molecular weight is 401 g/mol. The Morgan fingerprint density at radius 2 is 1.86 bits per heavy atom. The third-order valence-electron chi connectivity index (χ3n) is 5.44. The molecule has 29 heavy (non-hydrogen) atoms. The van der Waals surface area contributed by atoms with Crippen LogP contribution in [0.4, 0.5) is 4.79 Å². The molecule has 0 aromatic heterocycles. The molecule has 2 aliphatic heterocycles. The third-order valence-corrected chi connectivity index (χ3v) is 5.44. The zero-order valence-corrected chi connectivity index (χ0v) is 17.9. The van der Waals surface area contributed by atoms with Gasteiger partial charge in [0.1, 0.15) is 5.60 Å². The summed E-state index contributed by atoms with van der Waals surface area (Å²) in [6.07, 6.45) is 3.24. The van der Waals surface area contributed by atoms with E-state index in [9.17, 15) is 9.59 Å². The van der Waals surface area contributed by atoms with E-state index in [-0.39, 0.29) is 23.4 Å². The molecule has 1 aromatic carbocycles. The zero-order chi connectivity index (χ0) is 21.1. The number of ether oxygens (including phenoxy) is 2. The standard InChI is InChI=1S/C23H32N2O4/c1-5-28-20(26)12-11-19-14-24(13-18-9-7-6-8-10-18)15-23(19)16-25(17-23)21(27)29-22(2,3)4/h6-12,19H,5,13-17H2,1-4H3/b12-11+. The van der Waals surface area contributed by atoms with Gasteiger partial charge in [-0.25, -0.2) is 9.59 Å². The Morgan fingerprint density at radius 3 is 2.48 bits per heavy atom. The van der Waals surface area contributed by atoms with Gasteiger partial charge in [-0.3, -0.25) is 4.90 Å². The van der Waals surface area contributed by atoms with E-state index in [4.69, 9.17) is 9.47 Å². The van der Waals surface area contributed by atoms with Crippen molar-refractivity contribution in [2.75, 3.05) is 32.8 Å². The number of benzene rings is 1. The number of hydrogen-bond donors (Lipinski definition) is 0. The van der Waals surface area contributed by atoms with Crippen LogP contribution in [0.15, 0.2) is 42.5 Å². The first-order chi connectivity index (χ1) is 13.7. The summed E-state index contributed by atoms with van der Waals surface area (Å²) < 4.78 is 10.5. The van der Waals surface area contributed by atoms with E-state index < -0.39 is 5.60 Å². The fourth-order valence-electron chi connectivity index (χ4n) is 4.22. The number of hydrogen-bond acceptors (Lipinski definition) is 5. The Bertz CT molecular complexity index is 748. The van der Waals surface area contributed by atoms with Crippen molar-refractivity contribution < 1.29 is 19.1 Å². The van der Waals surface area contributed by atoms with Crippen molar-refractivity contribution in [3.63, 3.8) is 0 Å². The molecule has 3 rings (SSSR count). The van der Waals surface area contributed by atoms with Crippen LogP contribution in [0.3, 0.4) is 0 Å². The van der Waals surface area contributed by atoms with Gasteiger partial charge < -0.3 is 14.4 Å². The number of likely N-dealkylation sites (tertiary alicyclic amines) is 2. The van der Waals surface area contributed by atoms with Crippen LogP contribution in [0, 0.1) is 11.3 Å². The lowest BCUT2D eigenvalue weighted by Crippen LogP contribution is -2.62. The lowest BCUT2D eigenvalue weighted by atomic mass is 9.71. The summed E-state index contributed by atoms with van der Waals surface area (Å²) in [6.45, 7) is 11.7. The highest BCUT2D eigenvalue weighted by molar-refractivity contribution is 5.82. The van der Waals surface area contributed by atoms with Crippen molar-refractivity contribution in [3.8, 4) is 0 Å². The molecule has 2 heterocycles. The summed E-state index contributed by atoms with van der Waals surface area (Å²) in [4.78, 5) is 28.4. The number of esters is 1. The topological polar surface area (TPSA) is 59.1 Å². The minimum atomic E-state index is -0.502. The van der Waals surface area contributed by atoms with Crippen LogP contribution in [0.2, 0.25) is 0 Å².